The van der Waals surface area contributed by atoms with Crippen molar-refractivity contribution in [1.82, 2.24) is 14.8 Å². The van der Waals surface area contributed by atoms with Crippen LogP contribution < -0.4 is 5.73 Å². The largest absolute Gasteiger partial charge is 0.433 e. The number of primary amides is 1. The topological polar surface area (TPSA) is 173 Å². The molecular formula is C14H26Cl2N6O6. The number of nitrogens with zero attached hydrogens (tertiary/aromatic N) is 5. The number of hydrogen-bond donors (Lipinski definition) is 2. The Labute approximate surface area is 174 Å². The maximum absolute atomic E-state index is 11.5. The van der Waals surface area contributed by atoms with E-state index in [1.807, 2.05) is 0 Å². The highest BCUT2D eigenvalue weighted by atomic mass is 35.5. The molecule has 0 atom stereocenters. The second kappa shape index (κ2) is 14.1. The molecule has 2 amide bonds. The molecule has 12 nitrogen and oxygen atoms in total. The Hall–Kier alpha value is -1.96. The van der Waals surface area contributed by atoms with Crippen LogP contribution in [-0.4, -0.2) is 95.0 Å². The van der Waals surface area contributed by atoms with Crippen LogP contribution in [0.5, 0.6) is 0 Å². The third-order valence-electron chi connectivity index (χ3n) is 3.88. The Morgan fingerprint density at radius 3 is 2.32 bits per heavy atom. The van der Waals surface area contributed by atoms with Crippen molar-refractivity contribution in [3.05, 3.63) is 28.0 Å². The minimum Gasteiger partial charge on any atom is -0.412 e. The Kier molecular flexibility index (Phi) is 14.2. The molecule has 2 heterocycles. The van der Waals surface area contributed by atoms with Gasteiger partial charge in [0.1, 0.15) is 4.92 Å². The van der Waals surface area contributed by atoms with E-state index in [1.165, 1.54) is 18.3 Å². The van der Waals surface area contributed by atoms with E-state index in [-0.39, 0.29) is 42.7 Å². The zero-order valence-electron chi connectivity index (χ0n) is 15.1. The highest BCUT2D eigenvalue weighted by molar-refractivity contribution is 5.85. The summed E-state index contributed by atoms with van der Waals surface area (Å²) in [4.78, 5) is 25.7. The Bertz CT molecular complexity index is 623. The lowest BCUT2D eigenvalue weighted by atomic mass is 10.3. The van der Waals surface area contributed by atoms with Gasteiger partial charge in [-0.2, -0.15) is 5.10 Å². The van der Waals surface area contributed by atoms with Gasteiger partial charge in [0.05, 0.1) is 25.4 Å². The summed E-state index contributed by atoms with van der Waals surface area (Å²) in [5.41, 5.74) is 5.31. The van der Waals surface area contributed by atoms with Gasteiger partial charge in [-0.25, -0.2) is 9.80 Å². The molecule has 14 heteroatoms. The van der Waals surface area contributed by atoms with Gasteiger partial charge < -0.3 is 20.7 Å². The van der Waals surface area contributed by atoms with Crippen LogP contribution in [0.2, 0.25) is 0 Å². The lowest BCUT2D eigenvalue weighted by molar-refractivity contribution is -0.402. The fourth-order valence-corrected chi connectivity index (χ4v) is 2.48. The number of carbonyl (C=O) groups is 1. The number of hydrogen-bond acceptors (Lipinski definition) is 8. The van der Waals surface area contributed by atoms with Crippen molar-refractivity contribution in [3.63, 3.8) is 0 Å². The van der Waals surface area contributed by atoms with E-state index in [9.17, 15) is 14.9 Å². The zero-order chi connectivity index (χ0) is 18.2. The molecular weight excluding hydrogens is 419 g/mol. The standard InChI is InChI=1S/C14H22N6O5.2ClH.H2O/c15-14(22)19(16-11-12-1-2-13(25-12)20(23)24)8-7-17-3-5-18(6-4-17)9-10-21;;;/h1-2,11,21H,3-10H2,(H2,15,22);2*1H;1H2/b16-11+;;;. The number of carbonyl (C=O) groups excluding carboxylic acids is 1. The molecule has 0 aliphatic carbocycles. The molecule has 1 aliphatic heterocycles. The second-order valence-corrected chi connectivity index (χ2v) is 5.55. The second-order valence-electron chi connectivity index (χ2n) is 5.55. The Morgan fingerprint density at radius 1 is 1.29 bits per heavy atom. The number of amides is 2. The van der Waals surface area contributed by atoms with E-state index in [0.29, 0.717) is 19.6 Å². The highest BCUT2D eigenvalue weighted by Gasteiger charge is 2.18. The van der Waals surface area contributed by atoms with Crippen LogP contribution in [0.3, 0.4) is 0 Å². The number of urea groups is 1. The molecule has 162 valence electrons. The number of aliphatic hydroxyl groups excluding tert-OH is 1. The monoisotopic (exact) mass is 444 g/mol. The molecule has 5 N–H and O–H groups in total. The SMILES string of the molecule is Cl.Cl.NC(=O)N(CCN1CCN(CCO)CC1)/N=C/c1ccc([N+](=O)[O-])o1.O. The number of aliphatic hydroxyl groups is 1. The van der Waals surface area contributed by atoms with E-state index in [0.717, 1.165) is 31.2 Å². The predicted octanol–water partition coefficient (Wildman–Crippen LogP) is -0.469. The maximum Gasteiger partial charge on any atom is 0.433 e. The van der Waals surface area contributed by atoms with Crippen LogP contribution in [-0.2, 0) is 0 Å². The summed E-state index contributed by atoms with van der Waals surface area (Å²) in [7, 11) is 0. The summed E-state index contributed by atoms with van der Waals surface area (Å²) in [6.07, 6.45) is 1.22. The van der Waals surface area contributed by atoms with Crippen molar-refractivity contribution in [2.45, 2.75) is 0 Å². The third-order valence-corrected chi connectivity index (χ3v) is 3.88. The van der Waals surface area contributed by atoms with Gasteiger partial charge in [-0.3, -0.25) is 19.9 Å². The van der Waals surface area contributed by atoms with Gasteiger partial charge in [0.2, 0.25) is 0 Å². The third kappa shape index (κ3) is 8.82. The summed E-state index contributed by atoms with van der Waals surface area (Å²) in [5, 5.41) is 24.5. The van der Waals surface area contributed by atoms with E-state index in [1.54, 1.807) is 0 Å². The first-order valence-electron chi connectivity index (χ1n) is 7.90. The van der Waals surface area contributed by atoms with Crippen LogP contribution in [0.1, 0.15) is 5.76 Å². The first-order valence-corrected chi connectivity index (χ1v) is 7.90. The highest BCUT2D eigenvalue weighted by Crippen LogP contribution is 2.14. The number of furan rings is 1. The van der Waals surface area contributed by atoms with Gasteiger partial charge in [-0.15, -0.1) is 24.8 Å². The van der Waals surface area contributed by atoms with Crippen molar-refractivity contribution in [1.29, 1.82) is 0 Å². The number of halogens is 2. The van der Waals surface area contributed by atoms with Gasteiger partial charge in [0, 0.05) is 39.3 Å². The number of rotatable bonds is 8. The van der Waals surface area contributed by atoms with Gasteiger partial charge in [0.15, 0.2) is 5.76 Å². The van der Waals surface area contributed by atoms with Crippen LogP contribution in [0.15, 0.2) is 21.7 Å². The summed E-state index contributed by atoms with van der Waals surface area (Å²) >= 11 is 0. The molecule has 28 heavy (non-hydrogen) atoms. The normalized spacial score (nSPS) is 14.6. The van der Waals surface area contributed by atoms with Crippen LogP contribution >= 0.6 is 24.8 Å². The van der Waals surface area contributed by atoms with Gasteiger partial charge >= 0.3 is 11.9 Å². The molecule has 1 fully saturated rings. The Balaban J connectivity index is 0. The molecule has 1 aromatic rings. The smallest absolute Gasteiger partial charge is 0.412 e. The van der Waals surface area contributed by atoms with E-state index in [2.05, 4.69) is 14.9 Å². The van der Waals surface area contributed by atoms with Crippen LogP contribution in [0.4, 0.5) is 10.7 Å². The van der Waals surface area contributed by atoms with E-state index < -0.39 is 16.8 Å². The van der Waals surface area contributed by atoms with Crippen molar-refractivity contribution >= 4 is 42.9 Å². The lowest BCUT2D eigenvalue weighted by Crippen LogP contribution is -2.49. The number of piperazine rings is 1. The Morgan fingerprint density at radius 2 is 1.86 bits per heavy atom. The summed E-state index contributed by atoms with van der Waals surface area (Å²) < 4.78 is 4.94. The van der Waals surface area contributed by atoms with Crippen molar-refractivity contribution in [2.24, 2.45) is 10.8 Å². The molecule has 0 saturated carbocycles. The summed E-state index contributed by atoms with van der Waals surface area (Å²) in [6.45, 7) is 5.10. The lowest BCUT2D eigenvalue weighted by Gasteiger charge is -2.34. The first kappa shape index (κ1) is 28.3. The van der Waals surface area contributed by atoms with Gasteiger partial charge in [0.25, 0.3) is 0 Å². The molecule has 1 aromatic heterocycles. The molecule has 2 rings (SSSR count). The number of nitro groups is 1. The van der Waals surface area contributed by atoms with Gasteiger partial charge in [-0.05, 0) is 6.07 Å². The predicted molar refractivity (Wildman–Crippen MR) is 107 cm³/mol. The molecule has 0 radical (unpaired) electrons. The van der Waals surface area contributed by atoms with Crippen LogP contribution in [0.25, 0.3) is 0 Å². The fourth-order valence-electron chi connectivity index (χ4n) is 2.48. The number of nitrogens with two attached hydrogens (primary N) is 1. The molecule has 1 aliphatic rings. The molecule has 0 spiro atoms. The number of β-amino-alcohol motifs (C(OH)–C–C–N with tert-alkyl or cyclic N) is 1. The average Bonchev–Trinajstić information content (AvgIpc) is 3.05. The maximum atomic E-state index is 11.5. The molecule has 0 unspecified atom stereocenters. The minimum atomic E-state index is -0.712. The molecule has 1 saturated heterocycles. The fraction of sp³-hybridized carbons (Fsp3) is 0.571. The summed E-state index contributed by atoms with van der Waals surface area (Å²) in [5.74, 6) is -0.233. The summed E-state index contributed by atoms with van der Waals surface area (Å²) in [6, 6.07) is 1.89. The van der Waals surface area contributed by atoms with Crippen molar-refractivity contribution in [2.75, 3.05) is 52.4 Å². The zero-order valence-corrected chi connectivity index (χ0v) is 16.7. The average molecular weight is 445 g/mol. The van der Waals surface area contributed by atoms with Crippen molar-refractivity contribution < 1.29 is 24.7 Å². The number of hydrazone groups is 1. The quantitative estimate of drug-likeness (QED) is 0.309. The first-order chi connectivity index (χ1) is 12.0. The molecule has 0 bridgehead atoms. The van der Waals surface area contributed by atoms with E-state index in [4.69, 9.17) is 15.3 Å². The van der Waals surface area contributed by atoms with Crippen molar-refractivity contribution in [3.8, 4) is 0 Å². The minimum absolute atomic E-state index is 0. The molecule has 0 aromatic carbocycles. The van der Waals surface area contributed by atoms with Crippen LogP contribution in [0, 0.1) is 10.1 Å². The van der Waals surface area contributed by atoms with Gasteiger partial charge in [-0.1, -0.05) is 0 Å². The van der Waals surface area contributed by atoms with E-state index >= 15 is 0 Å².